The number of nitrogens with zero attached hydrogens (tertiary/aromatic N) is 2. The average Bonchev–Trinajstić information content (AvgIpc) is 2.96. The van der Waals surface area contributed by atoms with Gasteiger partial charge in [0, 0.05) is 17.6 Å². The summed E-state index contributed by atoms with van der Waals surface area (Å²) in [5, 5.41) is 4.05. The molecule has 1 aliphatic heterocycles. The Morgan fingerprint density at radius 2 is 2.32 bits per heavy atom. The van der Waals surface area contributed by atoms with E-state index in [1.165, 1.54) is 17.7 Å². The van der Waals surface area contributed by atoms with Crippen molar-refractivity contribution in [3.63, 3.8) is 0 Å². The molecule has 1 aliphatic rings. The van der Waals surface area contributed by atoms with Gasteiger partial charge in [0.1, 0.15) is 11.2 Å². The number of rotatable bonds is 6. The van der Waals surface area contributed by atoms with Crippen molar-refractivity contribution in [3.05, 3.63) is 16.1 Å². The molecule has 1 fully saturated rings. The summed E-state index contributed by atoms with van der Waals surface area (Å²) in [6.45, 7) is 8.01. The summed E-state index contributed by atoms with van der Waals surface area (Å²) in [7, 11) is 0. The molecule has 2 heterocycles. The van der Waals surface area contributed by atoms with Crippen LogP contribution in [-0.4, -0.2) is 28.9 Å². The monoisotopic (exact) mass is 281 g/mol. The summed E-state index contributed by atoms with van der Waals surface area (Å²) in [6.07, 6.45) is 5.49. The van der Waals surface area contributed by atoms with E-state index in [1.54, 1.807) is 11.3 Å². The quantitative estimate of drug-likeness (QED) is 0.816. The number of amides is 1. The summed E-state index contributed by atoms with van der Waals surface area (Å²) in [5.74, 6) is 0.611. The van der Waals surface area contributed by atoms with Crippen LogP contribution in [0.2, 0.25) is 0 Å². The van der Waals surface area contributed by atoms with Crippen molar-refractivity contribution in [2.24, 2.45) is 0 Å². The minimum absolute atomic E-state index is 0.0122. The van der Waals surface area contributed by atoms with E-state index < -0.39 is 0 Å². The van der Waals surface area contributed by atoms with Crippen molar-refractivity contribution in [2.75, 3.05) is 13.1 Å². The van der Waals surface area contributed by atoms with Crippen LogP contribution in [0.5, 0.6) is 0 Å². The lowest BCUT2D eigenvalue weighted by atomic mass is 10.2. The van der Waals surface area contributed by atoms with Crippen LogP contribution in [-0.2, 0) is 4.79 Å². The van der Waals surface area contributed by atoms with Crippen LogP contribution < -0.4 is 5.32 Å². The Morgan fingerprint density at radius 3 is 2.95 bits per heavy atom. The van der Waals surface area contributed by atoms with Gasteiger partial charge in [-0.05, 0) is 12.3 Å². The molecule has 0 aromatic carbocycles. The van der Waals surface area contributed by atoms with Crippen molar-refractivity contribution >= 4 is 17.2 Å². The van der Waals surface area contributed by atoms with E-state index in [0.29, 0.717) is 12.5 Å². The molecule has 1 N–H and O–H groups in total. The Labute approximate surface area is 119 Å². The van der Waals surface area contributed by atoms with Crippen LogP contribution >= 0.6 is 11.3 Å². The maximum atomic E-state index is 11.6. The Morgan fingerprint density at radius 1 is 1.53 bits per heavy atom. The first kappa shape index (κ1) is 14.5. The molecule has 5 heteroatoms. The smallest absolute Gasteiger partial charge is 0.235 e. The van der Waals surface area contributed by atoms with Gasteiger partial charge >= 0.3 is 0 Å². The van der Waals surface area contributed by atoms with E-state index in [9.17, 15) is 4.79 Å². The number of thiazole rings is 1. The third kappa shape index (κ3) is 3.54. The number of unbranched alkanes of at least 4 members (excludes halogenated alkanes) is 2. The highest BCUT2D eigenvalue weighted by Crippen LogP contribution is 2.29. The van der Waals surface area contributed by atoms with E-state index in [1.807, 2.05) is 6.20 Å². The normalized spacial score (nSPS) is 20.2. The van der Waals surface area contributed by atoms with Crippen molar-refractivity contribution in [1.82, 2.24) is 15.2 Å². The van der Waals surface area contributed by atoms with Crippen molar-refractivity contribution in [3.8, 4) is 0 Å². The van der Waals surface area contributed by atoms with Crippen LogP contribution in [0, 0.1) is 0 Å². The molecule has 4 nitrogen and oxygen atoms in total. The molecule has 2 rings (SSSR count). The van der Waals surface area contributed by atoms with Gasteiger partial charge in [-0.15, -0.1) is 11.3 Å². The largest absolute Gasteiger partial charge is 0.333 e. The Balaban J connectivity index is 2.04. The Hall–Kier alpha value is -0.940. The van der Waals surface area contributed by atoms with Crippen LogP contribution in [0.25, 0.3) is 0 Å². The highest BCUT2D eigenvalue weighted by molar-refractivity contribution is 7.11. The molecule has 0 saturated carbocycles. The average molecular weight is 281 g/mol. The summed E-state index contributed by atoms with van der Waals surface area (Å²) in [4.78, 5) is 19.6. The minimum Gasteiger partial charge on any atom is -0.333 e. The van der Waals surface area contributed by atoms with Gasteiger partial charge in [0.25, 0.3) is 0 Å². The fourth-order valence-corrected chi connectivity index (χ4v) is 3.26. The first-order valence-corrected chi connectivity index (χ1v) is 7.92. The molecule has 0 bridgehead atoms. The van der Waals surface area contributed by atoms with Crippen molar-refractivity contribution in [2.45, 2.75) is 52.1 Å². The maximum Gasteiger partial charge on any atom is 0.235 e. The second-order valence-electron chi connectivity index (χ2n) is 5.40. The SMILES string of the molecule is CCCCCN1CC(=O)N[C@H]1c1ncc(C(C)C)s1. The lowest BCUT2D eigenvalue weighted by Gasteiger charge is -2.20. The van der Waals surface area contributed by atoms with E-state index in [-0.39, 0.29) is 12.1 Å². The third-order valence-electron chi connectivity index (χ3n) is 3.40. The third-order valence-corrected chi connectivity index (χ3v) is 4.75. The molecule has 1 aromatic heterocycles. The number of hydrogen-bond donors (Lipinski definition) is 1. The van der Waals surface area contributed by atoms with E-state index >= 15 is 0 Å². The molecule has 19 heavy (non-hydrogen) atoms. The molecule has 0 aliphatic carbocycles. The first-order valence-electron chi connectivity index (χ1n) is 7.10. The number of carbonyl (C=O) groups excluding carboxylic acids is 1. The summed E-state index contributed by atoms with van der Waals surface area (Å²) in [5.41, 5.74) is 0. The van der Waals surface area contributed by atoms with Crippen molar-refractivity contribution in [1.29, 1.82) is 0 Å². The predicted molar refractivity (Wildman–Crippen MR) is 78.2 cm³/mol. The standard InChI is InChI=1S/C14H23N3OS/c1-4-5-6-7-17-9-12(18)16-13(17)14-15-8-11(19-14)10(2)3/h8,10,13H,4-7,9H2,1-3H3,(H,16,18)/t13-/m1/s1. The van der Waals surface area contributed by atoms with Gasteiger partial charge in [0.15, 0.2) is 0 Å². The number of hydrogen-bond acceptors (Lipinski definition) is 4. The van der Waals surface area contributed by atoms with E-state index in [4.69, 9.17) is 0 Å². The molecule has 1 saturated heterocycles. The number of nitrogens with one attached hydrogen (secondary N) is 1. The number of carbonyl (C=O) groups is 1. The van der Waals surface area contributed by atoms with Gasteiger partial charge in [0.05, 0.1) is 6.54 Å². The maximum absolute atomic E-state index is 11.6. The minimum atomic E-state index is -0.0122. The van der Waals surface area contributed by atoms with E-state index in [0.717, 1.165) is 18.0 Å². The fourth-order valence-electron chi connectivity index (χ4n) is 2.25. The molecule has 1 aromatic rings. The lowest BCUT2D eigenvalue weighted by Crippen LogP contribution is -2.28. The highest BCUT2D eigenvalue weighted by atomic mass is 32.1. The molecule has 0 unspecified atom stereocenters. The first-order chi connectivity index (χ1) is 9.11. The van der Waals surface area contributed by atoms with Crippen LogP contribution in [0.1, 0.15) is 62.0 Å². The van der Waals surface area contributed by atoms with Crippen LogP contribution in [0.15, 0.2) is 6.20 Å². The topological polar surface area (TPSA) is 45.2 Å². The zero-order valence-electron chi connectivity index (χ0n) is 12.0. The van der Waals surface area contributed by atoms with Gasteiger partial charge in [-0.25, -0.2) is 4.98 Å². The van der Waals surface area contributed by atoms with Gasteiger partial charge in [-0.2, -0.15) is 0 Å². The fraction of sp³-hybridized carbons (Fsp3) is 0.714. The van der Waals surface area contributed by atoms with E-state index in [2.05, 4.69) is 36.0 Å². The van der Waals surface area contributed by atoms with Crippen LogP contribution in [0.4, 0.5) is 0 Å². The molecular weight excluding hydrogens is 258 g/mol. The molecule has 106 valence electrons. The Bertz CT molecular complexity index is 430. The molecule has 1 amide bonds. The van der Waals surface area contributed by atoms with Gasteiger partial charge in [0.2, 0.25) is 5.91 Å². The molecule has 1 atom stereocenters. The van der Waals surface area contributed by atoms with Crippen LogP contribution in [0.3, 0.4) is 0 Å². The number of aromatic nitrogens is 1. The molecule has 0 spiro atoms. The summed E-state index contributed by atoms with van der Waals surface area (Å²) in [6, 6.07) is 0. The zero-order valence-corrected chi connectivity index (χ0v) is 12.8. The summed E-state index contributed by atoms with van der Waals surface area (Å²) >= 11 is 1.72. The van der Waals surface area contributed by atoms with Gasteiger partial charge in [-0.3, -0.25) is 9.69 Å². The van der Waals surface area contributed by atoms with Gasteiger partial charge in [-0.1, -0.05) is 33.6 Å². The second kappa shape index (κ2) is 6.48. The van der Waals surface area contributed by atoms with Crippen molar-refractivity contribution < 1.29 is 4.79 Å². The summed E-state index contributed by atoms with van der Waals surface area (Å²) < 4.78 is 0. The Kier molecular flexibility index (Phi) is 4.93. The lowest BCUT2D eigenvalue weighted by molar-refractivity contribution is -0.118. The molecular formula is C14H23N3OS. The zero-order chi connectivity index (χ0) is 13.8. The highest BCUT2D eigenvalue weighted by Gasteiger charge is 2.32. The second-order valence-corrected chi connectivity index (χ2v) is 6.50. The molecule has 0 radical (unpaired) electrons. The predicted octanol–water partition coefficient (Wildman–Crippen LogP) is 2.89. The van der Waals surface area contributed by atoms with Gasteiger partial charge < -0.3 is 5.32 Å².